The Balaban J connectivity index is 2.09. The zero-order chi connectivity index (χ0) is 15.4. The van der Waals surface area contributed by atoms with Gasteiger partial charge in [0.2, 0.25) is 0 Å². The van der Waals surface area contributed by atoms with Gasteiger partial charge >= 0.3 is 7.12 Å². The summed E-state index contributed by atoms with van der Waals surface area (Å²) in [5.41, 5.74) is 1.24. The van der Waals surface area contributed by atoms with E-state index in [0.717, 1.165) is 11.8 Å². The summed E-state index contributed by atoms with van der Waals surface area (Å²) in [7, 11) is -0.282. The number of halogens is 1. The molecular weight excluding hydrogens is 276 g/mol. The normalized spacial score (nSPS) is 10.3. The van der Waals surface area contributed by atoms with Crippen LogP contribution >= 0.6 is 0 Å². The van der Waals surface area contributed by atoms with Crippen molar-refractivity contribution in [2.45, 2.75) is 13.5 Å². The van der Waals surface area contributed by atoms with E-state index < -0.39 is 12.9 Å². The number of rotatable bonds is 5. The van der Waals surface area contributed by atoms with Crippen molar-refractivity contribution in [1.29, 1.82) is 0 Å². The molecule has 0 spiro atoms. The Labute approximate surface area is 122 Å². The maximum absolute atomic E-state index is 13.6. The van der Waals surface area contributed by atoms with Crippen molar-refractivity contribution in [1.82, 2.24) is 4.98 Å². The molecule has 0 radical (unpaired) electrons. The summed E-state index contributed by atoms with van der Waals surface area (Å²) in [6.07, 6.45) is 0. The van der Waals surface area contributed by atoms with Gasteiger partial charge in [0.05, 0.1) is 12.8 Å². The summed E-state index contributed by atoms with van der Waals surface area (Å²) in [5, 5.41) is 17.9. The lowest BCUT2D eigenvalue weighted by atomic mass is 9.80. The topological polar surface area (TPSA) is 71.8 Å². The predicted molar refractivity (Wildman–Crippen MR) is 76.1 cm³/mol. The molecule has 7 heteroatoms. The third-order valence-corrected chi connectivity index (χ3v) is 2.85. The first-order chi connectivity index (χ1) is 9.99. The molecule has 0 aliphatic rings. The van der Waals surface area contributed by atoms with Crippen molar-refractivity contribution in [3.05, 3.63) is 47.5 Å². The average Bonchev–Trinajstić information content (AvgIpc) is 2.44. The molecule has 2 rings (SSSR count). The Hall–Kier alpha value is -2.12. The van der Waals surface area contributed by atoms with Crippen LogP contribution in [0.15, 0.2) is 30.3 Å². The molecule has 1 aromatic heterocycles. The van der Waals surface area contributed by atoms with E-state index >= 15 is 0 Å². The fraction of sp³-hybridized carbons (Fsp3) is 0.214. The molecule has 21 heavy (non-hydrogen) atoms. The van der Waals surface area contributed by atoms with Gasteiger partial charge in [-0.05, 0) is 13.0 Å². The fourth-order valence-corrected chi connectivity index (χ4v) is 1.86. The summed E-state index contributed by atoms with van der Waals surface area (Å²) in [6.45, 7) is 1.99. The second-order valence-corrected chi connectivity index (χ2v) is 4.49. The zero-order valence-electron chi connectivity index (χ0n) is 11.7. The van der Waals surface area contributed by atoms with E-state index in [4.69, 9.17) is 19.5 Å². The smallest absolute Gasteiger partial charge is 0.491 e. The summed E-state index contributed by atoms with van der Waals surface area (Å²) >= 11 is 0. The summed E-state index contributed by atoms with van der Waals surface area (Å²) < 4.78 is 24.2. The molecule has 0 bridgehead atoms. The van der Waals surface area contributed by atoms with Crippen LogP contribution in [0.3, 0.4) is 0 Å². The van der Waals surface area contributed by atoms with Gasteiger partial charge in [-0.25, -0.2) is 4.39 Å². The highest BCUT2D eigenvalue weighted by Gasteiger charge is 2.16. The van der Waals surface area contributed by atoms with Gasteiger partial charge in [0, 0.05) is 29.4 Å². The van der Waals surface area contributed by atoms with Gasteiger partial charge in [0.1, 0.15) is 23.9 Å². The monoisotopic (exact) mass is 291 g/mol. The van der Waals surface area contributed by atoms with Crippen LogP contribution in [0.1, 0.15) is 11.4 Å². The van der Waals surface area contributed by atoms with Crippen LogP contribution in [0, 0.1) is 12.7 Å². The third kappa shape index (κ3) is 3.93. The van der Waals surface area contributed by atoms with Crippen molar-refractivity contribution >= 4 is 12.6 Å². The van der Waals surface area contributed by atoms with Crippen LogP contribution in [0.25, 0.3) is 0 Å². The predicted octanol–water partition coefficient (Wildman–Crippen LogP) is 0.797. The zero-order valence-corrected chi connectivity index (χ0v) is 11.7. The molecule has 0 atom stereocenters. The summed E-state index contributed by atoms with van der Waals surface area (Å²) in [5.74, 6) is 0.211. The summed E-state index contributed by atoms with van der Waals surface area (Å²) in [4.78, 5) is 4.29. The number of aryl methyl sites for hydroxylation is 1. The number of benzene rings is 1. The Kier molecular flexibility index (Phi) is 4.77. The lowest BCUT2D eigenvalue weighted by Gasteiger charge is -2.09. The number of ether oxygens (including phenoxy) is 2. The van der Waals surface area contributed by atoms with Crippen LogP contribution in [-0.4, -0.2) is 29.3 Å². The van der Waals surface area contributed by atoms with E-state index in [0.29, 0.717) is 11.4 Å². The molecule has 0 unspecified atom stereocenters. The van der Waals surface area contributed by atoms with Crippen LogP contribution in [-0.2, 0) is 6.61 Å². The van der Waals surface area contributed by atoms with Gasteiger partial charge in [-0.2, -0.15) is 0 Å². The Bertz CT molecular complexity index is 636. The van der Waals surface area contributed by atoms with E-state index in [9.17, 15) is 4.39 Å². The van der Waals surface area contributed by atoms with E-state index in [-0.39, 0.29) is 17.8 Å². The van der Waals surface area contributed by atoms with Gasteiger partial charge in [-0.3, -0.25) is 4.98 Å². The minimum atomic E-state index is -1.85. The number of hydrogen-bond acceptors (Lipinski definition) is 5. The Morgan fingerprint density at radius 2 is 1.95 bits per heavy atom. The number of methoxy groups -OCH3 is 1. The highest BCUT2D eigenvalue weighted by Crippen LogP contribution is 2.16. The van der Waals surface area contributed by atoms with Crippen molar-refractivity contribution in [3.63, 3.8) is 0 Å². The van der Waals surface area contributed by atoms with E-state index in [1.807, 2.05) is 6.92 Å². The first kappa shape index (κ1) is 15.3. The van der Waals surface area contributed by atoms with Crippen LogP contribution in [0.4, 0.5) is 4.39 Å². The lowest BCUT2D eigenvalue weighted by molar-refractivity contribution is 0.298. The molecule has 0 fully saturated rings. The molecule has 1 aromatic carbocycles. The molecule has 110 valence electrons. The molecular formula is C14H15BFNO4. The van der Waals surface area contributed by atoms with Gasteiger partial charge in [0.25, 0.3) is 0 Å². The maximum atomic E-state index is 13.6. The Morgan fingerprint density at radius 3 is 2.57 bits per heavy atom. The minimum absolute atomic E-state index is 0.151. The molecule has 0 aliphatic carbocycles. The fourth-order valence-electron chi connectivity index (χ4n) is 1.86. The number of nitrogens with zero attached hydrogens (tertiary/aromatic N) is 1. The van der Waals surface area contributed by atoms with Gasteiger partial charge in [-0.15, -0.1) is 0 Å². The lowest BCUT2D eigenvalue weighted by Crippen LogP contribution is -2.32. The molecule has 0 saturated heterocycles. The SMILES string of the molecule is COc1cc(C)nc(COc2ccc(B(O)O)c(F)c2)c1. The van der Waals surface area contributed by atoms with Gasteiger partial charge in [-0.1, -0.05) is 6.07 Å². The van der Waals surface area contributed by atoms with Crippen LogP contribution < -0.4 is 14.9 Å². The molecule has 1 heterocycles. The molecule has 0 amide bonds. The van der Waals surface area contributed by atoms with E-state index in [2.05, 4.69) is 4.98 Å². The van der Waals surface area contributed by atoms with Crippen LogP contribution in [0.2, 0.25) is 0 Å². The molecule has 0 saturated carbocycles. The minimum Gasteiger partial charge on any atom is -0.497 e. The standard InChI is InChI=1S/C14H15BFNO4/c1-9-5-12(20-2)6-10(17-9)8-21-11-3-4-13(15(18)19)14(16)7-11/h3-7,18-19H,8H2,1-2H3. The van der Waals surface area contributed by atoms with Crippen molar-refractivity contribution < 1.29 is 23.9 Å². The number of pyridine rings is 1. The summed E-state index contributed by atoms with van der Waals surface area (Å²) in [6, 6.07) is 7.35. The second-order valence-electron chi connectivity index (χ2n) is 4.49. The van der Waals surface area contributed by atoms with E-state index in [1.165, 1.54) is 12.1 Å². The van der Waals surface area contributed by atoms with Gasteiger partial charge < -0.3 is 19.5 Å². The molecule has 2 aromatic rings. The first-order valence-corrected chi connectivity index (χ1v) is 6.29. The number of hydrogen-bond donors (Lipinski definition) is 2. The van der Waals surface area contributed by atoms with E-state index in [1.54, 1.807) is 19.2 Å². The molecule has 0 aliphatic heterocycles. The van der Waals surface area contributed by atoms with Crippen molar-refractivity contribution in [2.75, 3.05) is 7.11 Å². The Morgan fingerprint density at radius 1 is 1.19 bits per heavy atom. The quantitative estimate of drug-likeness (QED) is 0.797. The van der Waals surface area contributed by atoms with Gasteiger partial charge in [0.15, 0.2) is 0 Å². The van der Waals surface area contributed by atoms with Crippen molar-refractivity contribution in [3.8, 4) is 11.5 Å². The van der Waals surface area contributed by atoms with Crippen molar-refractivity contribution in [2.24, 2.45) is 0 Å². The highest BCUT2D eigenvalue weighted by molar-refractivity contribution is 6.58. The second kappa shape index (κ2) is 6.56. The maximum Gasteiger partial charge on any atom is 0.491 e. The average molecular weight is 291 g/mol. The largest absolute Gasteiger partial charge is 0.497 e. The van der Waals surface area contributed by atoms with Crippen LogP contribution in [0.5, 0.6) is 11.5 Å². The first-order valence-electron chi connectivity index (χ1n) is 6.29. The molecule has 2 N–H and O–H groups in total. The highest BCUT2D eigenvalue weighted by atomic mass is 19.1. The third-order valence-electron chi connectivity index (χ3n) is 2.85. The number of aromatic nitrogens is 1. The molecule has 5 nitrogen and oxygen atoms in total.